The average Bonchev–Trinajstić information content (AvgIpc) is 2.35. The van der Waals surface area contributed by atoms with Gasteiger partial charge in [-0.2, -0.15) is 0 Å². The second-order valence-corrected chi connectivity index (χ2v) is 5.74. The SMILES string of the molecule is CC(C)(CCNCc1ccccc1Br)C(N)=NO. The average molecular weight is 314 g/mol. The molecule has 0 radical (unpaired) electrons. The highest BCUT2D eigenvalue weighted by atomic mass is 79.9. The summed E-state index contributed by atoms with van der Waals surface area (Å²) in [6.07, 6.45) is 0.813. The molecule has 0 aliphatic rings. The van der Waals surface area contributed by atoms with Crippen LogP contribution in [0.1, 0.15) is 25.8 Å². The van der Waals surface area contributed by atoms with Crippen molar-refractivity contribution in [1.29, 1.82) is 0 Å². The van der Waals surface area contributed by atoms with E-state index in [1.165, 1.54) is 5.56 Å². The molecule has 0 aliphatic carbocycles. The highest BCUT2D eigenvalue weighted by Crippen LogP contribution is 2.20. The number of nitrogens with one attached hydrogen (secondary N) is 1. The van der Waals surface area contributed by atoms with Crippen LogP contribution in [-0.2, 0) is 6.54 Å². The molecular formula is C13H20BrN3O. The molecule has 4 N–H and O–H groups in total. The quantitative estimate of drug-likeness (QED) is 0.249. The topological polar surface area (TPSA) is 70.6 Å². The van der Waals surface area contributed by atoms with Crippen LogP contribution in [0.5, 0.6) is 0 Å². The smallest absolute Gasteiger partial charge is 0.144 e. The van der Waals surface area contributed by atoms with Crippen LogP contribution >= 0.6 is 15.9 Å². The molecule has 1 aromatic carbocycles. The monoisotopic (exact) mass is 313 g/mol. The lowest BCUT2D eigenvalue weighted by atomic mass is 9.88. The van der Waals surface area contributed by atoms with Gasteiger partial charge in [-0.25, -0.2) is 0 Å². The Labute approximate surface area is 116 Å². The maximum absolute atomic E-state index is 8.68. The molecule has 0 saturated heterocycles. The van der Waals surface area contributed by atoms with Crippen LogP contribution in [0, 0.1) is 5.41 Å². The zero-order valence-electron chi connectivity index (χ0n) is 10.8. The predicted molar refractivity (Wildman–Crippen MR) is 77.7 cm³/mol. The number of amidine groups is 1. The van der Waals surface area contributed by atoms with Gasteiger partial charge in [-0.15, -0.1) is 0 Å². The molecule has 0 atom stereocenters. The third-order valence-corrected chi connectivity index (χ3v) is 3.77. The van der Waals surface area contributed by atoms with Crippen LogP contribution in [0.2, 0.25) is 0 Å². The lowest BCUT2D eigenvalue weighted by Gasteiger charge is -2.22. The first-order valence-corrected chi connectivity index (χ1v) is 6.69. The van der Waals surface area contributed by atoms with Gasteiger partial charge in [0.15, 0.2) is 0 Å². The van der Waals surface area contributed by atoms with Crippen LogP contribution < -0.4 is 11.1 Å². The van der Waals surface area contributed by atoms with E-state index in [0.717, 1.165) is 24.0 Å². The molecule has 0 saturated carbocycles. The molecule has 0 amide bonds. The van der Waals surface area contributed by atoms with Crippen molar-refractivity contribution in [3.63, 3.8) is 0 Å². The Morgan fingerprint density at radius 3 is 2.72 bits per heavy atom. The Kier molecular flexibility index (Phi) is 5.62. The van der Waals surface area contributed by atoms with E-state index in [4.69, 9.17) is 10.9 Å². The molecule has 18 heavy (non-hydrogen) atoms. The first-order valence-electron chi connectivity index (χ1n) is 5.89. The van der Waals surface area contributed by atoms with Crippen molar-refractivity contribution >= 4 is 21.8 Å². The lowest BCUT2D eigenvalue weighted by Crippen LogP contribution is -2.34. The van der Waals surface area contributed by atoms with E-state index in [1.54, 1.807) is 0 Å². The zero-order chi connectivity index (χ0) is 13.6. The summed E-state index contributed by atoms with van der Waals surface area (Å²) in [5.74, 6) is 0.269. The van der Waals surface area contributed by atoms with Gasteiger partial charge in [0.05, 0.1) is 0 Å². The summed E-state index contributed by atoms with van der Waals surface area (Å²) < 4.78 is 1.10. The number of rotatable bonds is 6. The maximum Gasteiger partial charge on any atom is 0.144 e. The van der Waals surface area contributed by atoms with Crippen molar-refractivity contribution in [3.8, 4) is 0 Å². The van der Waals surface area contributed by atoms with E-state index in [9.17, 15) is 0 Å². The fraction of sp³-hybridized carbons (Fsp3) is 0.462. The number of hydrogen-bond acceptors (Lipinski definition) is 3. The van der Waals surface area contributed by atoms with Crippen molar-refractivity contribution in [2.24, 2.45) is 16.3 Å². The molecule has 0 spiro atoms. The molecule has 0 heterocycles. The van der Waals surface area contributed by atoms with Crippen LogP contribution in [-0.4, -0.2) is 17.6 Å². The molecule has 1 aromatic rings. The molecule has 0 unspecified atom stereocenters. The third-order valence-electron chi connectivity index (χ3n) is 3.00. The van der Waals surface area contributed by atoms with Crippen molar-refractivity contribution in [2.45, 2.75) is 26.8 Å². The van der Waals surface area contributed by atoms with Gasteiger partial charge in [0, 0.05) is 16.4 Å². The van der Waals surface area contributed by atoms with E-state index < -0.39 is 0 Å². The second kappa shape index (κ2) is 6.75. The van der Waals surface area contributed by atoms with Crippen molar-refractivity contribution < 1.29 is 5.21 Å². The van der Waals surface area contributed by atoms with Crippen molar-refractivity contribution in [2.75, 3.05) is 6.54 Å². The summed E-state index contributed by atoms with van der Waals surface area (Å²) in [6, 6.07) is 8.11. The number of oxime groups is 1. The van der Waals surface area contributed by atoms with Gasteiger partial charge < -0.3 is 16.3 Å². The summed E-state index contributed by atoms with van der Waals surface area (Å²) >= 11 is 3.51. The van der Waals surface area contributed by atoms with Crippen LogP contribution in [0.15, 0.2) is 33.9 Å². The van der Waals surface area contributed by atoms with Gasteiger partial charge in [0.25, 0.3) is 0 Å². The Morgan fingerprint density at radius 2 is 2.11 bits per heavy atom. The molecule has 0 fully saturated rings. The van der Waals surface area contributed by atoms with E-state index >= 15 is 0 Å². The van der Waals surface area contributed by atoms with Gasteiger partial charge >= 0.3 is 0 Å². The first kappa shape index (κ1) is 15.0. The Bertz CT molecular complexity index is 418. The Balaban J connectivity index is 2.38. The third kappa shape index (κ3) is 4.31. The van der Waals surface area contributed by atoms with Gasteiger partial charge in [-0.1, -0.05) is 53.1 Å². The fourth-order valence-electron chi connectivity index (χ4n) is 1.53. The maximum atomic E-state index is 8.68. The number of nitrogens with two attached hydrogens (primary N) is 1. The summed E-state index contributed by atoms with van der Waals surface area (Å²) in [4.78, 5) is 0. The molecule has 0 aliphatic heterocycles. The fourth-order valence-corrected chi connectivity index (χ4v) is 1.95. The Hall–Kier alpha value is -1.07. The van der Waals surface area contributed by atoms with E-state index in [-0.39, 0.29) is 11.3 Å². The van der Waals surface area contributed by atoms with Crippen LogP contribution in [0.3, 0.4) is 0 Å². The summed E-state index contributed by atoms with van der Waals surface area (Å²) in [5.41, 5.74) is 6.56. The molecule has 5 heteroatoms. The highest BCUT2D eigenvalue weighted by Gasteiger charge is 2.22. The normalized spacial score (nSPS) is 12.7. The minimum atomic E-state index is -0.296. The van der Waals surface area contributed by atoms with Crippen LogP contribution in [0.25, 0.3) is 0 Å². The predicted octanol–water partition coefficient (Wildman–Crippen LogP) is 2.70. The van der Waals surface area contributed by atoms with E-state index in [0.29, 0.717) is 0 Å². The molecule has 0 bridgehead atoms. The minimum Gasteiger partial charge on any atom is -0.409 e. The molecular weight excluding hydrogens is 294 g/mol. The van der Waals surface area contributed by atoms with Crippen molar-refractivity contribution in [3.05, 3.63) is 34.3 Å². The van der Waals surface area contributed by atoms with Gasteiger partial charge in [0.1, 0.15) is 5.84 Å². The highest BCUT2D eigenvalue weighted by molar-refractivity contribution is 9.10. The molecule has 100 valence electrons. The Morgan fingerprint density at radius 1 is 1.44 bits per heavy atom. The van der Waals surface area contributed by atoms with Gasteiger partial charge in [-0.3, -0.25) is 0 Å². The summed E-state index contributed by atoms with van der Waals surface area (Å²) in [7, 11) is 0. The van der Waals surface area contributed by atoms with E-state index in [1.807, 2.05) is 32.0 Å². The van der Waals surface area contributed by atoms with Gasteiger partial charge in [0.2, 0.25) is 0 Å². The standard InChI is InChI=1S/C13H20BrN3O/c1-13(2,12(15)17-18)7-8-16-9-10-5-3-4-6-11(10)14/h3-6,16,18H,7-9H2,1-2H3,(H2,15,17). The van der Waals surface area contributed by atoms with Crippen LogP contribution in [0.4, 0.5) is 0 Å². The van der Waals surface area contributed by atoms with Gasteiger partial charge in [-0.05, 0) is 24.6 Å². The minimum absolute atomic E-state index is 0.269. The van der Waals surface area contributed by atoms with Crippen molar-refractivity contribution in [1.82, 2.24) is 5.32 Å². The molecule has 0 aromatic heterocycles. The number of benzene rings is 1. The zero-order valence-corrected chi connectivity index (χ0v) is 12.4. The summed E-state index contributed by atoms with van der Waals surface area (Å²) in [5, 5.41) is 15.1. The largest absolute Gasteiger partial charge is 0.409 e. The summed E-state index contributed by atoms with van der Waals surface area (Å²) in [6.45, 7) is 5.53. The number of halogens is 1. The van der Waals surface area contributed by atoms with E-state index in [2.05, 4.69) is 32.5 Å². The number of nitrogens with zero attached hydrogens (tertiary/aromatic N) is 1. The molecule has 1 rings (SSSR count). The molecule has 4 nitrogen and oxygen atoms in total. The number of hydrogen-bond donors (Lipinski definition) is 3. The first-order chi connectivity index (χ1) is 8.47. The lowest BCUT2D eigenvalue weighted by molar-refractivity contribution is 0.305. The second-order valence-electron chi connectivity index (χ2n) is 4.89.